The minimum absolute atomic E-state index is 0.0298. The molecule has 4 nitrogen and oxygen atoms in total. The van der Waals surface area contributed by atoms with E-state index < -0.39 is 11.9 Å². The summed E-state index contributed by atoms with van der Waals surface area (Å²) >= 11 is 1.64. The first-order valence-corrected chi connectivity index (χ1v) is 8.49. The lowest BCUT2D eigenvalue weighted by molar-refractivity contribution is -0.146. The summed E-state index contributed by atoms with van der Waals surface area (Å²) in [7, 11) is 0. The van der Waals surface area contributed by atoms with Gasteiger partial charge in [-0.2, -0.15) is 11.3 Å². The first kappa shape index (κ1) is 16.0. The Balaban J connectivity index is 1.93. The van der Waals surface area contributed by atoms with Crippen molar-refractivity contribution in [2.24, 2.45) is 17.8 Å². The first-order chi connectivity index (χ1) is 10.0. The second kappa shape index (κ2) is 7.07. The van der Waals surface area contributed by atoms with Crippen molar-refractivity contribution in [3.8, 4) is 0 Å². The van der Waals surface area contributed by atoms with E-state index in [1.54, 1.807) is 11.3 Å². The predicted octanol–water partition coefficient (Wildman–Crippen LogP) is 2.93. The smallest absolute Gasteiger partial charge is 0.307 e. The van der Waals surface area contributed by atoms with E-state index in [9.17, 15) is 14.7 Å². The van der Waals surface area contributed by atoms with Crippen LogP contribution in [-0.2, 0) is 16.0 Å². The monoisotopic (exact) mass is 309 g/mol. The molecule has 1 aromatic heterocycles. The molecule has 0 saturated heterocycles. The minimum Gasteiger partial charge on any atom is -0.481 e. The largest absolute Gasteiger partial charge is 0.481 e. The number of rotatable bonds is 6. The van der Waals surface area contributed by atoms with Crippen LogP contribution in [0, 0.1) is 17.8 Å². The topological polar surface area (TPSA) is 66.4 Å². The first-order valence-electron chi connectivity index (χ1n) is 7.55. The molecule has 0 radical (unpaired) electrons. The summed E-state index contributed by atoms with van der Waals surface area (Å²) in [5.41, 5.74) is 1.21. The molecule has 1 aliphatic carbocycles. The number of hydrogen-bond acceptors (Lipinski definition) is 3. The molecule has 0 aromatic carbocycles. The van der Waals surface area contributed by atoms with Gasteiger partial charge < -0.3 is 10.4 Å². The van der Waals surface area contributed by atoms with Gasteiger partial charge in [0.25, 0.3) is 0 Å². The average Bonchev–Trinajstić information content (AvgIpc) is 3.06. The standard InChI is InChI=1S/C16H23NO3S/c1-3-11-7-13(14(8-11)16(19)20)15(18)17-10(2)6-12-4-5-21-9-12/h4-5,9-11,13-14H,3,6-8H2,1-2H3,(H,17,18)(H,19,20). The van der Waals surface area contributed by atoms with Crippen molar-refractivity contribution in [1.82, 2.24) is 5.32 Å². The highest BCUT2D eigenvalue weighted by Crippen LogP contribution is 2.38. The van der Waals surface area contributed by atoms with Crippen molar-refractivity contribution in [2.45, 2.75) is 45.6 Å². The molecule has 1 amide bonds. The molecule has 1 heterocycles. The zero-order valence-corrected chi connectivity index (χ0v) is 13.4. The average molecular weight is 309 g/mol. The summed E-state index contributed by atoms with van der Waals surface area (Å²) < 4.78 is 0. The van der Waals surface area contributed by atoms with Crippen LogP contribution in [-0.4, -0.2) is 23.0 Å². The Morgan fingerprint density at radius 3 is 2.71 bits per heavy atom. The van der Waals surface area contributed by atoms with Crippen LogP contribution in [0.25, 0.3) is 0 Å². The van der Waals surface area contributed by atoms with E-state index in [-0.39, 0.29) is 17.9 Å². The minimum atomic E-state index is -0.836. The zero-order valence-electron chi connectivity index (χ0n) is 12.5. The fourth-order valence-electron chi connectivity index (χ4n) is 3.20. The van der Waals surface area contributed by atoms with Crippen molar-refractivity contribution in [2.75, 3.05) is 0 Å². The van der Waals surface area contributed by atoms with Gasteiger partial charge in [0, 0.05) is 6.04 Å². The Morgan fingerprint density at radius 1 is 1.43 bits per heavy atom. The molecular weight excluding hydrogens is 286 g/mol. The van der Waals surface area contributed by atoms with Gasteiger partial charge in [0.2, 0.25) is 5.91 Å². The Morgan fingerprint density at radius 2 is 2.14 bits per heavy atom. The van der Waals surface area contributed by atoms with Crippen molar-refractivity contribution >= 4 is 23.2 Å². The third kappa shape index (κ3) is 4.06. The van der Waals surface area contributed by atoms with Crippen LogP contribution in [0.15, 0.2) is 16.8 Å². The second-order valence-electron chi connectivity index (χ2n) is 6.04. The number of thiophene rings is 1. The van der Waals surface area contributed by atoms with E-state index in [1.165, 1.54) is 5.56 Å². The van der Waals surface area contributed by atoms with E-state index >= 15 is 0 Å². The lowest BCUT2D eigenvalue weighted by Gasteiger charge is -2.19. The highest BCUT2D eigenvalue weighted by molar-refractivity contribution is 7.07. The second-order valence-corrected chi connectivity index (χ2v) is 6.82. The molecule has 0 bridgehead atoms. The molecule has 4 atom stereocenters. The molecule has 2 N–H and O–H groups in total. The Kier molecular flexibility index (Phi) is 5.39. The van der Waals surface area contributed by atoms with Crippen LogP contribution in [0.4, 0.5) is 0 Å². The number of amides is 1. The lowest BCUT2D eigenvalue weighted by Crippen LogP contribution is -2.40. The number of carbonyl (C=O) groups is 2. The molecule has 1 fully saturated rings. The molecule has 21 heavy (non-hydrogen) atoms. The SMILES string of the molecule is CCC1CC(C(=O)O)C(C(=O)NC(C)Cc2ccsc2)C1. The van der Waals surface area contributed by atoms with Crippen LogP contribution in [0.3, 0.4) is 0 Å². The van der Waals surface area contributed by atoms with E-state index in [4.69, 9.17) is 0 Å². The maximum absolute atomic E-state index is 12.4. The highest BCUT2D eigenvalue weighted by atomic mass is 32.1. The summed E-state index contributed by atoms with van der Waals surface area (Å²) in [4.78, 5) is 23.7. The number of carbonyl (C=O) groups excluding carboxylic acids is 1. The van der Waals surface area contributed by atoms with E-state index in [2.05, 4.69) is 23.7 Å². The van der Waals surface area contributed by atoms with Gasteiger partial charge in [0.1, 0.15) is 0 Å². The predicted molar refractivity (Wildman–Crippen MR) is 83.3 cm³/mol. The molecule has 5 heteroatoms. The summed E-state index contributed by atoms with van der Waals surface area (Å²) in [6.45, 7) is 4.03. The van der Waals surface area contributed by atoms with Gasteiger partial charge in [0.05, 0.1) is 11.8 Å². The zero-order chi connectivity index (χ0) is 15.4. The van der Waals surface area contributed by atoms with Gasteiger partial charge in [-0.05, 0) is 54.5 Å². The van der Waals surface area contributed by atoms with Crippen molar-refractivity contribution in [3.63, 3.8) is 0 Å². The number of aliphatic carboxylic acids is 1. The van der Waals surface area contributed by atoms with Crippen LogP contribution in [0.2, 0.25) is 0 Å². The van der Waals surface area contributed by atoms with Crippen LogP contribution >= 0.6 is 11.3 Å². The molecule has 0 aliphatic heterocycles. The third-order valence-electron chi connectivity index (χ3n) is 4.40. The number of hydrogen-bond donors (Lipinski definition) is 2. The van der Waals surface area contributed by atoms with Crippen molar-refractivity contribution in [3.05, 3.63) is 22.4 Å². The van der Waals surface area contributed by atoms with Crippen LogP contribution < -0.4 is 5.32 Å². The molecule has 0 spiro atoms. The summed E-state index contributed by atoms with van der Waals surface area (Å²) in [6.07, 6.45) is 3.06. The highest BCUT2D eigenvalue weighted by Gasteiger charge is 2.42. The van der Waals surface area contributed by atoms with Gasteiger partial charge in [-0.3, -0.25) is 9.59 Å². The summed E-state index contributed by atoms with van der Waals surface area (Å²) in [5.74, 6) is -1.48. The Hall–Kier alpha value is -1.36. The number of carboxylic acids is 1. The maximum atomic E-state index is 12.4. The van der Waals surface area contributed by atoms with Crippen LogP contribution in [0.1, 0.15) is 38.7 Å². The number of nitrogens with one attached hydrogen (secondary N) is 1. The van der Waals surface area contributed by atoms with Gasteiger partial charge in [-0.15, -0.1) is 0 Å². The fourth-order valence-corrected chi connectivity index (χ4v) is 3.88. The number of carboxylic acid groups (broad SMARTS) is 1. The Labute approximate surface area is 129 Å². The van der Waals surface area contributed by atoms with E-state index in [1.807, 2.05) is 12.3 Å². The van der Waals surface area contributed by atoms with Crippen molar-refractivity contribution < 1.29 is 14.7 Å². The third-order valence-corrected chi connectivity index (χ3v) is 5.13. The molecule has 1 aromatic rings. The van der Waals surface area contributed by atoms with Gasteiger partial charge in [-0.1, -0.05) is 13.3 Å². The molecular formula is C16H23NO3S. The van der Waals surface area contributed by atoms with Crippen molar-refractivity contribution in [1.29, 1.82) is 0 Å². The maximum Gasteiger partial charge on any atom is 0.307 e. The molecule has 4 unspecified atom stereocenters. The van der Waals surface area contributed by atoms with Crippen LogP contribution in [0.5, 0.6) is 0 Å². The molecule has 1 saturated carbocycles. The normalized spacial score (nSPS) is 26.5. The molecule has 1 aliphatic rings. The van der Waals surface area contributed by atoms with Gasteiger partial charge in [0.15, 0.2) is 0 Å². The molecule has 2 rings (SSSR count). The van der Waals surface area contributed by atoms with Gasteiger partial charge >= 0.3 is 5.97 Å². The van der Waals surface area contributed by atoms with Gasteiger partial charge in [-0.25, -0.2) is 0 Å². The lowest BCUT2D eigenvalue weighted by atomic mass is 9.95. The molecule has 116 valence electrons. The quantitative estimate of drug-likeness (QED) is 0.849. The summed E-state index contributed by atoms with van der Waals surface area (Å²) in [5, 5.41) is 16.4. The Bertz CT molecular complexity index is 486. The van der Waals surface area contributed by atoms with E-state index in [0.29, 0.717) is 18.8 Å². The summed E-state index contributed by atoms with van der Waals surface area (Å²) in [6, 6.07) is 2.08. The fraction of sp³-hybridized carbons (Fsp3) is 0.625. The van der Waals surface area contributed by atoms with E-state index in [0.717, 1.165) is 12.8 Å².